The first-order chi connectivity index (χ1) is 7.09. The van der Waals surface area contributed by atoms with Crippen LogP contribution >= 0.6 is 0 Å². The summed E-state index contributed by atoms with van der Waals surface area (Å²) in [4.78, 5) is 3.87. The highest BCUT2D eigenvalue weighted by Crippen LogP contribution is 2.12. The molecule has 84 valence electrons. The van der Waals surface area contributed by atoms with Crippen molar-refractivity contribution in [3.8, 4) is 0 Å². The van der Waals surface area contributed by atoms with Gasteiger partial charge in [-0.05, 0) is 6.92 Å². The number of oxazole rings is 1. The zero-order valence-corrected chi connectivity index (χ0v) is 9.08. The topological polar surface area (TPSA) is 81.4 Å². The first-order valence-electron chi connectivity index (χ1n) is 4.55. The van der Waals surface area contributed by atoms with Gasteiger partial charge in [0.25, 0.3) is 0 Å². The molecule has 0 aromatic carbocycles. The summed E-state index contributed by atoms with van der Waals surface area (Å²) in [6.45, 7) is 2.44. The lowest BCUT2D eigenvalue weighted by Crippen LogP contribution is -2.46. The third kappa shape index (κ3) is 2.19. The zero-order chi connectivity index (χ0) is 10.9. The van der Waals surface area contributed by atoms with Gasteiger partial charge in [0.1, 0.15) is 11.0 Å². The van der Waals surface area contributed by atoms with Crippen molar-refractivity contribution in [1.29, 1.82) is 0 Å². The van der Waals surface area contributed by atoms with Crippen molar-refractivity contribution in [1.82, 2.24) is 9.71 Å². The predicted molar refractivity (Wildman–Crippen MR) is 51.6 cm³/mol. The highest BCUT2D eigenvalue weighted by atomic mass is 32.2. The van der Waals surface area contributed by atoms with Gasteiger partial charge in [-0.2, -0.15) is 0 Å². The fourth-order valence-corrected chi connectivity index (χ4v) is 2.29. The maximum atomic E-state index is 11.6. The number of nitrogens with zero attached hydrogens (tertiary/aromatic N) is 1. The molecule has 1 aromatic heterocycles. The van der Waals surface area contributed by atoms with Crippen LogP contribution in [0.4, 0.5) is 0 Å². The molecule has 0 atom stereocenters. The second kappa shape index (κ2) is 3.92. The van der Waals surface area contributed by atoms with Crippen LogP contribution in [0.1, 0.15) is 11.5 Å². The number of sulfonamides is 1. The molecule has 1 aliphatic rings. The van der Waals surface area contributed by atoms with E-state index in [1.807, 2.05) is 0 Å². The Hall–Kier alpha value is -0.920. The van der Waals surface area contributed by atoms with Crippen LogP contribution in [-0.4, -0.2) is 31.9 Å². The number of hydrogen-bond acceptors (Lipinski definition) is 5. The van der Waals surface area contributed by atoms with E-state index < -0.39 is 15.3 Å². The van der Waals surface area contributed by atoms with Crippen LogP contribution in [0.25, 0.3) is 0 Å². The lowest BCUT2D eigenvalue weighted by Gasteiger charge is -2.25. The van der Waals surface area contributed by atoms with E-state index in [0.717, 1.165) is 0 Å². The average molecular weight is 232 g/mol. The van der Waals surface area contributed by atoms with Gasteiger partial charge in [0, 0.05) is 0 Å². The van der Waals surface area contributed by atoms with Crippen molar-refractivity contribution in [3.05, 3.63) is 17.8 Å². The van der Waals surface area contributed by atoms with Crippen LogP contribution in [0, 0.1) is 6.92 Å². The van der Waals surface area contributed by atoms with Gasteiger partial charge in [-0.25, -0.2) is 18.1 Å². The van der Waals surface area contributed by atoms with Crippen LogP contribution in [0.2, 0.25) is 0 Å². The molecule has 1 saturated heterocycles. The van der Waals surface area contributed by atoms with Crippen LogP contribution in [0.15, 0.2) is 10.8 Å². The second-order valence-electron chi connectivity index (χ2n) is 3.39. The van der Waals surface area contributed by atoms with Crippen LogP contribution in [0.3, 0.4) is 0 Å². The first kappa shape index (κ1) is 10.6. The van der Waals surface area contributed by atoms with E-state index in [0.29, 0.717) is 11.5 Å². The van der Waals surface area contributed by atoms with Gasteiger partial charge in [-0.3, -0.25) is 0 Å². The molecule has 0 unspecified atom stereocenters. The Labute approximate surface area is 87.7 Å². The summed E-state index contributed by atoms with van der Waals surface area (Å²) < 4.78 is 35.4. The van der Waals surface area contributed by atoms with Crippen LogP contribution < -0.4 is 4.72 Å². The Kier molecular flexibility index (Phi) is 2.76. The van der Waals surface area contributed by atoms with Gasteiger partial charge in [0.15, 0.2) is 6.39 Å². The minimum atomic E-state index is -3.28. The van der Waals surface area contributed by atoms with E-state index >= 15 is 0 Å². The molecular formula is C8H12N2O4S. The molecule has 0 bridgehead atoms. The Morgan fingerprint density at radius 2 is 2.33 bits per heavy atom. The second-order valence-corrected chi connectivity index (χ2v) is 5.43. The largest absolute Gasteiger partial charge is 0.447 e. The van der Waals surface area contributed by atoms with Gasteiger partial charge in [0.2, 0.25) is 10.0 Å². The summed E-state index contributed by atoms with van der Waals surface area (Å²) in [5.41, 5.74) is 0.697. The van der Waals surface area contributed by atoms with Crippen molar-refractivity contribution in [3.63, 3.8) is 0 Å². The fourth-order valence-electron chi connectivity index (χ4n) is 1.17. The third-order valence-corrected chi connectivity index (χ3v) is 4.02. The number of nitrogens with one attached hydrogen (secondary N) is 1. The SMILES string of the molecule is Cc1ncoc1CNS(=O)(=O)C1COC1. The summed E-state index contributed by atoms with van der Waals surface area (Å²) in [5, 5.41) is -0.430. The molecular weight excluding hydrogens is 220 g/mol. The zero-order valence-electron chi connectivity index (χ0n) is 8.26. The normalized spacial score (nSPS) is 17.7. The Morgan fingerprint density at radius 3 is 2.80 bits per heavy atom. The van der Waals surface area contributed by atoms with E-state index in [-0.39, 0.29) is 19.8 Å². The van der Waals surface area contributed by atoms with Crippen molar-refractivity contribution in [2.24, 2.45) is 0 Å². The van der Waals surface area contributed by atoms with Crippen molar-refractivity contribution < 1.29 is 17.6 Å². The molecule has 2 heterocycles. The number of rotatable bonds is 4. The van der Waals surface area contributed by atoms with Crippen LogP contribution in [-0.2, 0) is 21.3 Å². The highest BCUT2D eigenvalue weighted by Gasteiger charge is 2.32. The van der Waals surface area contributed by atoms with Gasteiger partial charge < -0.3 is 9.15 Å². The molecule has 2 rings (SSSR count). The molecule has 0 amide bonds. The third-order valence-electron chi connectivity index (χ3n) is 2.33. The molecule has 0 aliphatic carbocycles. The van der Waals surface area contributed by atoms with E-state index in [1.54, 1.807) is 6.92 Å². The van der Waals surface area contributed by atoms with Gasteiger partial charge >= 0.3 is 0 Å². The smallest absolute Gasteiger partial charge is 0.219 e. The molecule has 1 aromatic rings. The first-order valence-corrected chi connectivity index (χ1v) is 6.09. The number of hydrogen-bond donors (Lipinski definition) is 1. The van der Waals surface area contributed by atoms with Crippen molar-refractivity contribution in [2.75, 3.05) is 13.2 Å². The van der Waals surface area contributed by atoms with E-state index in [1.165, 1.54) is 6.39 Å². The predicted octanol–water partition coefficient (Wildman–Crippen LogP) is -0.199. The number of ether oxygens (including phenoxy) is 1. The highest BCUT2D eigenvalue weighted by molar-refractivity contribution is 7.90. The van der Waals surface area contributed by atoms with E-state index in [9.17, 15) is 8.42 Å². The molecule has 0 saturated carbocycles. The molecule has 1 N–H and O–H groups in total. The fraction of sp³-hybridized carbons (Fsp3) is 0.625. The van der Waals surface area contributed by atoms with E-state index in [4.69, 9.17) is 9.15 Å². The Morgan fingerprint density at radius 1 is 1.60 bits per heavy atom. The minimum absolute atomic E-state index is 0.144. The van der Waals surface area contributed by atoms with Crippen molar-refractivity contribution in [2.45, 2.75) is 18.7 Å². The maximum absolute atomic E-state index is 11.6. The van der Waals surface area contributed by atoms with Crippen LogP contribution in [0.5, 0.6) is 0 Å². The molecule has 1 fully saturated rings. The lowest BCUT2D eigenvalue weighted by atomic mass is 10.4. The van der Waals surface area contributed by atoms with Gasteiger partial charge in [-0.15, -0.1) is 0 Å². The molecule has 15 heavy (non-hydrogen) atoms. The summed E-state index contributed by atoms with van der Waals surface area (Å²) in [6, 6.07) is 0. The Bertz CT molecular complexity index is 435. The summed E-state index contributed by atoms with van der Waals surface area (Å²) in [5.74, 6) is 0.541. The molecule has 0 spiro atoms. The molecule has 0 radical (unpaired) electrons. The molecule has 7 heteroatoms. The minimum Gasteiger partial charge on any atom is -0.447 e. The Balaban J connectivity index is 1.95. The number of aromatic nitrogens is 1. The summed E-state index contributed by atoms with van der Waals surface area (Å²) >= 11 is 0. The van der Waals surface area contributed by atoms with Gasteiger partial charge in [0.05, 0.1) is 25.5 Å². The number of aryl methyl sites for hydroxylation is 1. The standard InChI is InChI=1S/C8H12N2O4S/c1-6-8(14-5-9-6)2-10-15(11,12)7-3-13-4-7/h5,7,10H,2-4H2,1H3. The monoisotopic (exact) mass is 232 g/mol. The quantitative estimate of drug-likeness (QED) is 0.777. The van der Waals surface area contributed by atoms with Gasteiger partial charge in [-0.1, -0.05) is 0 Å². The van der Waals surface area contributed by atoms with Crippen molar-refractivity contribution >= 4 is 10.0 Å². The van der Waals surface area contributed by atoms with E-state index in [2.05, 4.69) is 9.71 Å². The average Bonchev–Trinajstić information content (AvgIpc) is 2.43. The molecule has 1 aliphatic heterocycles. The summed E-state index contributed by atoms with van der Waals surface area (Å²) in [6.07, 6.45) is 1.30. The summed E-state index contributed by atoms with van der Waals surface area (Å²) in [7, 11) is -3.28. The maximum Gasteiger partial charge on any atom is 0.219 e. The lowest BCUT2D eigenvalue weighted by molar-refractivity contribution is 0.0411. The molecule has 6 nitrogen and oxygen atoms in total.